The summed E-state index contributed by atoms with van der Waals surface area (Å²) in [6, 6.07) is 10.7. The molecule has 2 aromatic rings. The second-order valence-electron chi connectivity index (χ2n) is 4.14. The molecule has 1 heterocycles. The molecule has 0 atom stereocenters. The predicted octanol–water partition coefficient (Wildman–Crippen LogP) is 1.36. The molecule has 2 rings (SSSR count). The van der Waals surface area contributed by atoms with Gasteiger partial charge in [0.15, 0.2) is 0 Å². The van der Waals surface area contributed by atoms with E-state index in [9.17, 15) is 9.90 Å². The minimum atomic E-state index is -1.21. The van der Waals surface area contributed by atoms with Crippen molar-refractivity contribution in [2.24, 2.45) is 0 Å². The van der Waals surface area contributed by atoms with Crippen LogP contribution in [0.2, 0.25) is 0 Å². The van der Waals surface area contributed by atoms with Crippen molar-refractivity contribution in [3.8, 4) is 5.69 Å². The molecule has 0 unspecified atom stereocenters. The van der Waals surface area contributed by atoms with Gasteiger partial charge in [0.25, 0.3) is 0 Å². The number of hydrogen-bond donors (Lipinski definition) is 0. The quantitative estimate of drug-likeness (QED) is 0.798. The summed E-state index contributed by atoms with van der Waals surface area (Å²) in [5.41, 5.74) is 1.55. The predicted molar refractivity (Wildman–Crippen MR) is 62.0 cm³/mol. The van der Waals surface area contributed by atoms with Gasteiger partial charge >= 0.3 is 0 Å². The first kappa shape index (κ1) is 11.4. The summed E-state index contributed by atoms with van der Waals surface area (Å²) >= 11 is 0. The largest absolute Gasteiger partial charge is 0.543 e. The van der Waals surface area contributed by atoms with Gasteiger partial charge in [0.05, 0.1) is 23.0 Å². The van der Waals surface area contributed by atoms with Gasteiger partial charge in [-0.05, 0) is 24.1 Å². The summed E-state index contributed by atoms with van der Waals surface area (Å²) in [7, 11) is 0. The van der Waals surface area contributed by atoms with E-state index in [0.29, 0.717) is 0 Å². The molecular formula is C13H13N2O2-. The van der Waals surface area contributed by atoms with Gasteiger partial charge in [-0.3, -0.25) is 0 Å². The van der Waals surface area contributed by atoms with Crippen molar-refractivity contribution in [2.45, 2.75) is 19.8 Å². The number of carbonyl (C=O) groups is 1. The maximum absolute atomic E-state index is 11.1. The molecule has 0 fully saturated rings. The van der Waals surface area contributed by atoms with Gasteiger partial charge in [0.1, 0.15) is 0 Å². The Morgan fingerprint density at radius 3 is 2.47 bits per heavy atom. The van der Waals surface area contributed by atoms with Crippen LogP contribution in [0.3, 0.4) is 0 Å². The standard InChI is InChI=1S/C13H14N2O2/c1-9(2)11-8-12(13(16)17)15(14-11)10-6-4-3-5-7-10/h3-9H,1-2H3,(H,16,17)/p-1. The second-order valence-corrected chi connectivity index (χ2v) is 4.14. The summed E-state index contributed by atoms with van der Waals surface area (Å²) in [6.45, 7) is 3.94. The molecule has 1 aromatic heterocycles. The molecular weight excluding hydrogens is 216 g/mol. The first-order valence-corrected chi connectivity index (χ1v) is 5.46. The molecule has 0 aliphatic heterocycles. The Morgan fingerprint density at radius 1 is 1.29 bits per heavy atom. The number of carboxylic acid groups (broad SMARTS) is 1. The van der Waals surface area contributed by atoms with Gasteiger partial charge in [-0.2, -0.15) is 5.10 Å². The summed E-state index contributed by atoms with van der Waals surface area (Å²) in [5, 5.41) is 15.4. The van der Waals surface area contributed by atoms with Crippen LogP contribution in [0.25, 0.3) is 5.69 Å². The zero-order chi connectivity index (χ0) is 12.4. The molecule has 0 aliphatic rings. The maximum atomic E-state index is 11.1. The van der Waals surface area contributed by atoms with Gasteiger partial charge in [-0.1, -0.05) is 32.0 Å². The monoisotopic (exact) mass is 229 g/mol. The van der Waals surface area contributed by atoms with Crippen molar-refractivity contribution < 1.29 is 9.90 Å². The van der Waals surface area contributed by atoms with E-state index in [-0.39, 0.29) is 11.6 Å². The van der Waals surface area contributed by atoms with Crippen LogP contribution in [0.1, 0.15) is 35.9 Å². The van der Waals surface area contributed by atoms with E-state index in [1.165, 1.54) is 4.68 Å². The molecule has 88 valence electrons. The molecule has 0 spiro atoms. The van der Waals surface area contributed by atoms with Crippen molar-refractivity contribution in [2.75, 3.05) is 0 Å². The molecule has 0 aliphatic carbocycles. The van der Waals surface area contributed by atoms with Crippen LogP contribution in [0.5, 0.6) is 0 Å². The first-order chi connectivity index (χ1) is 8.09. The number of benzene rings is 1. The molecule has 4 nitrogen and oxygen atoms in total. The number of carbonyl (C=O) groups excluding carboxylic acids is 1. The summed E-state index contributed by atoms with van der Waals surface area (Å²) in [4.78, 5) is 11.1. The average Bonchev–Trinajstić information content (AvgIpc) is 2.75. The zero-order valence-electron chi connectivity index (χ0n) is 9.75. The van der Waals surface area contributed by atoms with Gasteiger partial charge in [0.2, 0.25) is 0 Å². The van der Waals surface area contributed by atoms with E-state index in [0.717, 1.165) is 11.4 Å². The lowest BCUT2D eigenvalue weighted by Crippen LogP contribution is -2.25. The minimum Gasteiger partial charge on any atom is -0.543 e. The highest BCUT2D eigenvalue weighted by Gasteiger charge is 2.12. The van der Waals surface area contributed by atoms with Gasteiger partial charge in [0, 0.05) is 0 Å². The third kappa shape index (κ3) is 2.20. The van der Waals surface area contributed by atoms with E-state index in [1.54, 1.807) is 6.07 Å². The number of carboxylic acids is 1. The molecule has 0 bridgehead atoms. The minimum absolute atomic E-state index is 0.0832. The fraction of sp³-hybridized carbons (Fsp3) is 0.231. The topological polar surface area (TPSA) is 57.9 Å². The molecule has 1 aromatic carbocycles. The highest BCUT2D eigenvalue weighted by molar-refractivity contribution is 5.84. The number of nitrogens with zero attached hydrogens (tertiary/aromatic N) is 2. The van der Waals surface area contributed by atoms with Crippen molar-refractivity contribution in [1.82, 2.24) is 9.78 Å². The van der Waals surface area contributed by atoms with Crippen LogP contribution >= 0.6 is 0 Å². The van der Waals surface area contributed by atoms with Crippen LogP contribution < -0.4 is 5.11 Å². The summed E-state index contributed by atoms with van der Waals surface area (Å²) in [5.74, 6) is -1.04. The number of rotatable bonds is 3. The SMILES string of the molecule is CC(C)c1cc(C(=O)[O-])n(-c2ccccc2)n1. The molecule has 17 heavy (non-hydrogen) atoms. The van der Waals surface area contributed by atoms with E-state index in [1.807, 2.05) is 44.2 Å². The average molecular weight is 229 g/mol. The van der Waals surface area contributed by atoms with Gasteiger partial charge in [-0.25, -0.2) is 4.68 Å². The van der Waals surface area contributed by atoms with Crippen molar-refractivity contribution >= 4 is 5.97 Å². The molecule has 0 radical (unpaired) electrons. The lowest BCUT2D eigenvalue weighted by Gasteiger charge is -2.07. The molecule has 4 heteroatoms. The van der Waals surface area contributed by atoms with E-state index < -0.39 is 5.97 Å². The Labute approximate surface area is 99.5 Å². The molecule has 0 N–H and O–H groups in total. The third-order valence-electron chi connectivity index (χ3n) is 2.53. The molecule has 0 saturated carbocycles. The second kappa shape index (κ2) is 4.41. The van der Waals surface area contributed by atoms with E-state index >= 15 is 0 Å². The van der Waals surface area contributed by atoms with Crippen LogP contribution in [0.15, 0.2) is 36.4 Å². The van der Waals surface area contributed by atoms with Crippen LogP contribution in [-0.2, 0) is 0 Å². The molecule has 0 amide bonds. The van der Waals surface area contributed by atoms with Gasteiger partial charge in [-0.15, -0.1) is 0 Å². The first-order valence-electron chi connectivity index (χ1n) is 5.46. The van der Waals surface area contributed by atoms with Crippen molar-refractivity contribution in [3.63, 3.8) is 0 Å². The maximum Gasteiger partial charge on any atom is 0.0901 e. The lowest BCUT2D eigenvalue weighted by atomic mass is 10.1. The zero-order valence-corrected chi connectivity index (χ0v) is 9.75. The van der Waals surface area contributed by atoms with Crippen molar-refractivity contribution in [1.29, 1.82) is 0 Å². The van der Waals surface area contributed by atoms with E-state index in [4.69, 9.17) is 0 Å². The van der Waals surface area contributed by atoms with Gasteiger partial charge < -0.3 is 9.90 Å². The number of aromatic carboxylic acids is 1. The fourth-order valence-electron chi connectivity index (χ4n) is 1.59. The number of para-hydroxylation sites is 1. The summed E-state index contributed by atoms with van der Waals surface area (Å²) < 4.78 is 1.41. The van der Waals surface area contributed by atoms with E-state index in [2.05, 4.69) is 5.10 Å². The summed E-state index contributed by atoms with van der Waals surface area (Å²) in [6.07, 6.45) is 0. The number of aromatic nitrogens is 2. The highest BCUT2D eigenvalue weighted by atomic mass is 16.4. The highest BCUT2D eigenvalue weighted by Crippen LogP contribution is 2.17. The Morgan fingerprint density at radius 2 is 1.94 bits per heavy atom. The van der Waals surface area contributed by atoms with Crippen LogP contribution in [0, 0.1) is 0 Å². The van der Waals surface area contributed by atoms with Crippen LogP contribution in [0.4, 0.5) is 0 Å². The Hall–Kier alpha value is -2.10. The fourth-order valence-corrected chi connectivity index (χ4v) is 1.59. The lowest BCUT2D eigenvalue weighted by molar-refractivity contribution is -0.255. The normalized spacial score (nSPS) is 10.8. The molecule has 0 saturated heterocycles. The number of hydrogen-bond acceptors (Lipinski definition) is 3. The Bertz CT molecular complexity index is 530. The van der Waals surface area contributed by atoms with Crippen molar-refractivity contribution in [3.05, 3.63) is 47.8 Å². The Kier molecular flexibility index (Phi) is 2.95. The Balaban J connectivity index is 2.56. The van der Waals surface area contributed by atoms with Crippen LogP contribution in [-0.4, -0.2) is 15.7 Å². The smallest absolute Gasteiger partial charge is 0.0901 e. The third-order valence-corrected chi connectivity index (χ3v) is 2.53.